The number of pyridine rings is 1. The predicted octanol–water partition coefficient (Wildman–Crippen LogP) is 9.63. The van der Waals surface area contributed by atoms with Crippen molar-refractivity contribution < 1.29 is 9.18 Å². The van der Waals surface area contributed by atoms with Crippen molar-refractivity contribution in [2.45, 2.75) is 100.0 Å². The summed E-state index contributed by atoms with van der Waals surface area (Å²) in [6.07, 6.45) is 2.57. The number of likely N-dealkylation sites (N-methyl/N-ethyl adjacent to an activating group) is 1. The molecule has 1 amide bonds. The SMILES string of the molecule is CC.CC.CNCC(C)c1cc(C(CNC=O)c2ccccc2)nc(-c2cc3c(cc2F)C3C)c1C.Cc1cc(C)c(N)c(C=NC(C)C)c1. The minimum Gasteiger partial charge on any atom is -0.398 e. The largest absolute Gasteiger partial charge is 0.398 e. The smallest absolute Gasteiger partial charge is 0.207 e. The molecule has 0 saturated carbocycles. The van der Waals surface area contributed by atoms with E-state index in [-0.39, 0.29) is 17.7 Å². The molecule has 1 aliphatic rings. The van der Waals surface area contributed by atoms with Gasteiger partial charge in [0, 0.05) is 54.0 Å². The molecule has 1 aromatic heterocycles. The number of aromatic nitrogens is 1. The Bertz CT molecular complexity index is 1700. The fourth-order valence-corrected chi connectivity index (χ4v) is 6.03. The number of fused-ring (bicyclic) bond motifs is 1. The Morgan fingerprint density at radius 2 is 1.58 bits per heavy atom. The van der Waals surface area contributed by atoms with Gasteiger partial charge in [0.25, 0.3) is 0 Å². The molecule has 50 heavy (non-hydrogen) atoms. The number of halogens is 1. The third kappa shape index (κ3) is 10.8. The fraction of sp³-hybridized carbons (Fsp3) is 0.419. The lowest BCUT2D eigenvalue weighted by Gasteiger charge is -2.23. The van der Waals surface area contributed by atoms with Crippen molar-refractivity contribution in [2.24, 2.45) is 4.99 Å². The van der Waals surface area contributed by atoms with Gasteiger partial charge in [-0.2, -0.15) is 0 Å². The molecular weight excluding hydrogens is 622 g/mol. The number of anilines is 1. The van der Waals surface area contributed by atoms with E-state index in [9.17, 15) is 4.79 Å². The second kappa shape index (κ2) is 20.3. The highest BCUT2D eigenvalue weighted by molar-refractivity contribution is 5.88. The standard InChI is InChI=1S/C27H30FN3O.C12H18N2.2C2H6/c1-16(13-29-4)20-12-26(24(14-30-15-32)19-8-6-5-7-9-19)31-27(18(20)3)23-10-21-17(2)22(21)11-25(23)28;1-8(2)14-7-11-6-9(3)5-10(4)12(11)13;2*1-2/h5-12,15-17,24,29H,13-14H2,1-4H3,(H,30,32);5-8H,13H2,1-4H3;2*1-2H3. The highest BCUT2D eigenvalue weighted by Crippen LogP contribution is 2.46. The highest BCUT2D eigenvalue weighted by Gasteiger charge is 2.31. The third-order valence-electron chi connectivity index (χ3n) is 8.69. The van der Waals surface area contributed by atoms with Gasteiger partial charge in [0.1, 0.15) is 5.82 Å². The van der Waals surface area contributed by atoms with Crippen molar-refractivity contribution in [3.8, 4) is 11.3 Å². The lowest BCUT2D eigenvalue weighted by atomic mass is 9.88. The lowest BCUT2D eigenvalue weighted by Crippen LogP contribution is -2.23. The van der Waals surface area contributed by atoms with Crippen molar-refractivity contribution in [1.82, 2.24) is 15.6 Å². The van der Waals surface area contributed by atoms with E-state index in [1.807, 2.05) is 91.2 Å². The number of hydrogen-bond acceptors (Lipinski definition) is 5. The summed E-state index contributed by atoms with van der Waals surface area (Å²) in [5.41, 5.74) is 17.7. The van der Waals surface area contributed by atoms with Crippen molar-refractivity contribution in [1.29, 1.82) is 0 Å². The first kappa shape index (κ1) is 41.8. The van der Waals surface area contributed by atoms with Gasteiger partial charge in [0.2, 0.25) is 6.41 Å². The van der Waals surface area contributed by atoms with E-state index in [0.29, 0.717) is 36.2 Å². The zero-order valence-electron chi connectivity index (χ0n) is 32.4. The Balaban J connectivity index is 0.000000404. The molecule has 0 radical (unpaired) electrons. The molecule has 3 atom stereocenters. The number of nitrogens with one attached hydrogen (secondary N) is 2. The quantitative estimate of drug-likeness (QED) is 0.0835. The van der Waals surface area contributed by atoms with E-state index in [2.05, 4.69) is 68.4 Å². The van der Waals surface area contributed by atoms with Gasteiger partial charge in [0.15, 0.2) is 0 Å². The number of carbonyl (C=O) groups is 1. The van der Waals surface area contributed by atoms with Crippen LogP contribution in [0, 0.1) is 26.6 Å². The van der Waals surface area contributed by atoms with Gasteiger partial charge >= 0.3 is 0 Å². The van der Waals surface area contributed by atoms with Crippen LogP contribution in [0.4, 0.5) is 10.1 Å². The number of aliphatic imine (C=N–C) groups is 1. The molecule has 0 bridgehead atoms. The molecule has 0 fully saturated rings. The van der Waals surface area contributed by atoms with Crippen molar-refractivity contribution in [3.05, 3.63) is 117 Å². The van der Waals surface area contributed by atoms with E-state index in [0.717, 1.165) is 51.3 Å². The maximum Gasteiger partial charge on any atom is 0.207 e. The van der Waals surface area contributed by atoms with E-state index < -0.39 is 0 Å². The minimum atomic E-state index is -0.227. The average molecular weight is 682 g/mol. The van der Waals surface area contributed by atoms with Gasteiger partial charge in [0.05, 0.1) is 11.4 Å². The Morgan fingerprint density at radius 3 is 2.18 bits per heavy atom. The summed E-state index contributed by atoms with van der Waals surface area (Å²) in [5.74, 6) is 0.183. The number of carbonyl (C=O) groups excluding carboxylic acids is 1. The summed E-state index contributed by atoms with van der Waals surface area (Å²) in [5, 5.41) is 6.07. The van der Waals surface area contributed by atoms with E-state index in [4.69, 9.17) is 10.7 Å². The van der Waals surface area contributed by atoms with E-state index in [1.54, 1.807) is 6.07 Å². The first-order valence-corrected chi connectivity index (χ1v) is 18.1. The van der Waals surface area contributed by atoms with Crippen LogP contribution >= 0.6 is 0 Å². The highest BCUT2D eigenvalue weighted by atomic mass is 19.1. The van der Waals surface area contributed by atoms with Crippen molar-refractivity contribution in [3.63, 3.8) is 0 Å². The first-order valence-electron chi connectivity index (χ1n) is 18.1. The third-order valence-corrected chi connectivity index (χ3v) is 8.69. The molecule has 6 nitrogen and oxygen atoms in total. The van der Waals surface area contributed by atoms with Gasteiger partial charge in [-0.15, -0.1) is 0 Å². The average Bonchev–Trinajstić information content (AvgIpc) is 3.75. The number of rotatable bonds is 11. The van der Waals surface area contributed by atoms with Crippen LogP contribution in [-0.2, 0) is 4.79 Å². The molecule has 4 aromatic rings. The molecule has 270 valence electrons. The van der Waals surface area contributed by atoms with Gasteiger partial charge in [-0.1, -0.05) is 83.5 Å². The summed E-state index contributed by atoms with van der Waals surface area (Å²) < 4.78 is 15.2. The van der Waals surface area contributed by atoms with Gasteiger partial charge in [-0.05, 0) is 105 Å². The Hall–Kier alpha value is -4.36. The Kier molecular flexibility index (Phi) is 17.0. The molecule has 3 aromatic carbocycles. The summed E-state index contributed by atoms with van der Waals surface area (Å²) in [6, 6.07) is 20.2. The van der Waals surface area contributed by atoms with E-state index in [1.165, 1.54) is 11.1 Å². The minimum absolute atomic E-state index is 0.132. The Labute approximate surface area is 301 Å². The maximum atomic E-state index is 15.2. The summed E-state index contributed by atoms with van der Waals surface area (Å²) in [7, 11) is 1.93. The maximum absolute atomic E-state index is 15.2. The van der Waals surface area contributed by atoms with Crippen LogP contribution in [0.3, 0.4) is 0 Å². The van der Waals surface area contributed by atoms with Crippen molar-refractivity contribution >= 4 is 18.3 Å². The number of aryl methyl sites for hydroxylation is 2. The zero-order valence-corrected chi connectivity index (χ0v) is 32.4. The number of benzene rings is 3. The van der Waals surface area contributed by atoms with Crippen LogP contribution in [0.1, 0.15) is 123 Å². The topological polar surface area (TPSA) is 92.4 Å². The molecule has 0 spiro atoms. The summed E-state index contributed by atoms with van der Waals surface area (Å²) in [4.78, 5) is 20.4. The fourth-order valence-electron chi connectivity index (χ4n) is 6.03. The summed E-state index contributed by atoms with van der Waals surface area (Å²) >= 11 is 0. The van der Waals surface area contributed by atoms with Gasteiger partial charge in [-0.25, -0.2) is 4.39 Å². The molecule has 1 heterocycles. The second-order valence-corrected chi connectivity index (χ2v) is 12.7. The number of hydrogen-bond donors (Lipinski definition) is 3. The number of nitrogens with two attached hydrogens (primary N) is 1. The number of amides is 1. The van der Waals surface area contributed by atoms with Crippen molar-refractivity contribution in [2.75, 3.05) is 25.9 Å². The lowest BCUT2D eigenvalue weighted by molar-refractivity contribution is -0.109. The number of nitrogen functional groups attached to an aromatic ring is 1. The van der Waals surface area contributed by atoms with Crippen LogP contribution in [-0.4, -0.2) is 43.8 Å². The molecular formula is C43H60FN5O. The molecule has 4 N–H and O–H groups in total. The van der Waals surface area contributed by atoms with Crippen LogP contribution in [0.5, 0.6) is 0 Å². The summed E-state index contributed by atoms with van der Waals surface area (Å²) in [6.45, 7) is 23.7. The van der Waals surface area contributed by atoms with E-state index >= 15 is 4.39 Å². The monoisotopic (exact) mass is 681 g/mol. The molecule has 1 aliphatic carbocycles. The molecule has 0 saturated heterocycles. The van der Waals surface area contributed by atoms with Crippen LogP contribution < -0.4 is 16.4 Å². The second-order valence-electron chi connectivity index (χ2n) is 12.7. The van der Waals surface area contributed by atoms with Crippen LogP contribution in [0.2, 0.25) is 0 Å². The first-order chi connectivity index (χ1) is 24.0. The molecule has 0 aliphatic heterocycles. The zero-order chi connectivity index (χ0) is 37.5. The van der Waals surface area contributed by atoms with Crippen LogP contribution in [0.15, 0.2) is 65.7 Å². The molecule has 7 heteroatoms. The normalized spacial score (nSPS) is 13.8. The molecule has 3 unspecified atom stereocenters. The van der Waals surface area contributed by atoms with Crippen LogP contribution in [0.25, 0.3) is 11.3 Å². The van der Waals surface area contributed by atoms with Gasteiger partial charge < -0.3 is 16.4 Å². The molecule has 5 rings (SSSR count). The predicted molar refractivity (Wildman–Crippen MR) is 212 cm³/mol. The van der Waals surface area contributed by atoms with Gasteiger partial charge in [-0.3, -0.25) is 14.8 Å². The Morgan fingerprint density at radius 1 is 0.940 bits per heavy atom. The number of nitrogens with zero attached hydrogens (tertiary/aromatic N) is 2.